The number of piperazine rings is 1. The number of Topliss-reactive ketones (excluding diaryl/α,β-unsaturated/α-hetero) is 1. The fourth-order valence-corrected chi connectivity index (χ4v) is 2.84. The van der Waals surface area contributed by atoms with E-state index in [-0.39, 0.29) is 30.4 Å². The number of carbonyl (C=O) groups is 3. The van der Waals surface area contributed by atoms with Gasteiger partial charge in [-0.15, -0.1) is 0 Å². The van der Waals surface area contributed by atoms with Crippen molar-refractivity contribution in [1.29, 1.82) is 0 Å². The van der Waals surface area contributed by atoms with E-state index in [0.29, 0.717) is 44.7 Å². The summed E-state index contributed by atoms with van der Waals surface area (Å²) in [5.74, 6) is -0.537. The van der Waals surface area contributed by atoms with Crippen molar-refractivity contribution in [1.82, 2.24) is 14.7 Å². The van der Waals surface area contributed by atoms with E-state index in [1.54, 1.807) is 9.80 Å². The highest BCUT2D eigenvalue weighted by atomic mass is 19.1. The maximum atomic E-state index is 12.9. The summed E-state index contributed by atoms with van der Waals surface area (Å²) in [6, 6.07) is 5.34. The number of hydrogen-bond acceptors (Lipinski definition) is 4. The zero-order valence-electron chi connectivity index (χ0n) is 15.4. The Bertz CT molecular complexity index is 638. The minimum absolute atomic E-state index is 0.0825. The highest BCUT2D eigenvalue weighted by molar-refractivity contribution is 5.97. The van der Waals surface area contributed by atoms with Crippen LogP contribution in [0.2, 0.25) is 0 Å². The Morgan fingerprint density at radius 1 is 0.885 bits per heavy atom. The molecule has 2 rings (SSSR count). The summed E-state index contributed by atoms with van der Waals surface area (Å²) >= 11 is 0. The summed E-state index contributed by atoms with van der Waals surface area (Å²) in [6.45, 7) is 2.77. The molecule has 0 saturated carbocycles. The van der Waals surface area contributed by atoms with E-state index < -0.39 is 5.82 Å². The van der Waals surface area contributed by atoms with Gasteiger partial charge in [-0.05, 0) is 38.4 Å². The lowest BCUT2D eigenvalue weighted by atomic mass is 10.1. The molecule has 0 atom stereocenters. The molecule has 26 heavy (non-hydrogen) atoms. The first-order valence-corrected chi connectivity index (χ1v) is 8.86. The zero-order valence-corrected chi connectivity index (χ0v) is 15.4. The first-order chi connectivity index (χ1) is 12.4. The molecule has 0 aliphatic carbocycles. The van der Waals surface area contributed by atoms with Gasteiger partial charge in [-0.2, -0.15) is 0 Å². The predicted molar refractivity (Wildman–Crippen MR) is 96.3 cm³/mol. The number of ketones is 1. The van der Waals surface area contributed by atoms with Crippen molar-refractivity contribution in [3.63, 3.8) is 0 Å². The quantitative estimate of drug-likeness (QED) is 0.688. The molecule has 2 amide bonds. The van der Waals surface area contributed by atoms with E-state index in [4.69, 9.17) is 0 Å². The molecule has 1 saturated heterocycles. The molecule has 1 aliphatic rings. The van der Waals surface area contributed by atoms with Crippen LogP contribution in [0.15, 0.2) is 24.3 Å². The Hall–Kier alpha value is -2.28. The van der Waals surface area contributed by atoms with Crippen molar-refractivity contribution in [2.75, 3.05) is 46.8 Å². The summed E-state index contributed by atoms with van der Waals surface area (Å²) in [7, 11) is 3.86. The van der Waals surface area contributed by atoms with Crippen LogP contribution in [-0.4, -0.2) is 79.1 Å². The number of rotatable bonds is 7. The Morgan fingerprint density at radius 2 is 1.38 bits per heavy atom. The van der Waals surface area contributed by atoms with Crippen LogP contribution in [0, 0.1) is 5.82 Å². The van der Waals surface area contributed by atoms with Gasteiger partial charge in [0.1, 0.15) is 5.82 Å². The van der Waals surface area contributed by atoms with Crippen molar-refractivity contribution in [2.24, 2.45) is 0 Å². The minimum Gasteiger partial charge on any atom is -0.339 e. The van der Waals surface area contributed by atoms with Crippen LogP contribution in [0.5, 0.6) is 0 Å². The van der Waals surface area contributed by atoms with E-state index in [9.17, 15) is 18.8 Å². The summed E-state index contributed by atoms with van der Waals surface area (Å²) in [4.78, 5) is 41.9. The molecule has 0 radical (unpaired) electrons. The normalized spacial score (nSPS) is 14.6. The second-order valence-electron chi connectivity index (χ2n) is 6.74. The van der Waals surface area contributed by atoms with Crippen molar-refractivity contribution >= 4 is 17.6 Å². The molecule has 1 aromatic rings. The van der Waals surface area contributed by atoms with Crippen molar-refractivity contribution in [3.05, 3.63) is 35.6 Å². The fourth-order valence-electron chi connectivity index (χ4n) is 2.84. The van der Waals surface area contributed by atoms with Crippen molar-refractivity contribution < 1.29 is 18.8 Å². The SMILES string of the molecule is CN(C)CCC(=O)N1CCN(C(=O)CCC(=O)c2ccc(F)cc2)CC1. The van der Waals surface area contributed by atoms with Gasteiger partial charge in [0.05, 0.1) is 0 Å². The Balaban J connectivity index is 1.73. The molecule has 0 unspecified atom stereocenters. The van der Waals surface area contributed by atoms with E-state index in [1.807, 2.05) is 19.0 Å². The van der Waals surface area contributed by atoms with E-state index in [2.05, 4.69) is 0 Å². The predicted octanol–water partition coefficient (Wildman–Crippen LogP) is 1.41. The molecular formula is C19H26FN3O3. The molecule has 0 spiro atoms. The summed E-state index contributed by atoms with van der Waals surface area (Å²) in [6.07, 6.45) is 0.713. The highest BCUT2D eigenvalue weighted by Gasteiger charge is 2.24. The molecular weight excluding hydrogens is 337 g/mol. The van der Waals surface area contributed by atoms with Crippen LogP contribution in [0.1, 0.15) is 29.6 Å². The van der Waals surface area contributed by atoms with E-state index in [0.717, 1.165) is 0 Å². The standard InChI is InChI=1S/C19H26FN3O3/c1-21(2)10-9-19(26)23-13-11-22(12-14-23)18(25)8-7-17(24)15-3-5-16(20)6-4-15/h3-6H,7-14H2,1-2H3. The number of amides is 2. The molecule has 6 nitrogen and oxygen atoms in total. The molecule has 7 heteroatoms. The largest absolute Gasteiger partial charge is 0.339 e. The Morgan fingerprint density at radius 3 is 1.88 bits per heavy atom. The van der Waals surface area contributed by atoms with Gasteiger partial charge in [0.25, 0.3) is 0 Å². The van der Waals surface area contributed by atoms with Crippen molar-refractivity contribution in [2.45, 2.75) is 19.3 Å². The number of nitrogens with zero attached hydrogens (tertiary/aromatic N) is 3. The minimum atomic E-state index is -0.393. The van der Waals surface area contributed by atoms with Gasteiger partial charge in [0.2, 0.25) is 11.8 Å². The van der Waals surface area contributed by atoms with Crippen LogP contribution in [-0.2, 0) is 9.59 Å². The van der Waals surface area contributed by atoms with Gasteiger partial charge >= 0.3 is 0 Å². The first kappa shape index (κ1) is 20.0. The monoisotopic (exact) mass is 363 g/mol. The van der Waals surface area contributed by atoms with Crippen LogP contribution in [0.4, 0.5) is 4.39 Å². The second-order valence-corrected chi connectivity index (χ2v) is 6.74. The third-order valence-electron chi connectivity index (χ3n) is 4.49. The molecule has 142 valence electrons. The van der Waals surface area contributed by atoms with Gasteiger partial charge in [0.15, 0.2) is 5.78 Å². The Labute approximate surface area is 153 Å². The number of benzene rings is 1. The van der Waals surface area contributed by atoms with Crippen LogP contribution in [0.3, 0.4) is 0 Å². The summed E-state index contributed by atoms with van der Waals surface area (Å²) < 4.78 is 12.9. The molecule has 1 heterocycles. The molecule has 1 fully saturated rings. The molecule has 0 N–H and O–H groups in total. The molecule has 1 aliphatic heterocycles. The second kappa shape index (κ2) is 9.43. The average molecular weight is 363 g/mol. The maximum Gasteiger partial charge on any atom is 0.223 e. The molecule has 0 aromatic heterocycles. The number of carbonyl (C=O) groups excluding carboxylic acids is 3. The van der Waals surface area contributed by atoms with Gasteiger partial charge in [-0.1, -0.05) is 0 Å². The third kappa shape index (κ3) is 5.91. The maximum absolute atomic E-state index is 12.9. The molecule has 1 aromatic carbocycles. The Kier molecular flexibility index (Phi) is 7.26. The van der Waals surface area contributed by atoms with Crippen molar-refractivity contribution in [3.8, 4) is 0 Å². The molecule has 0 bridgehead atoms. The van der Waals surface area contributed by atoms with Gasteiger partial charge in [-0.25, -0.2) is 4.39 Å². The first-order valence-electron chi connectivity index (χ1n) is 8.86. The fraction of sp³-hybridized carbons (Fsp3) is 0.526. The van der Waals surface area contributed by atoms with Gasteiger partial charge in [-0.3, -0.25) is 14.4 Å². The highest BCUT2D eigenvalue weighted by Crippen LogP contribution is 2.11. The lowest BCUT2D eigenvalue weighted by Gasteiger charge is -2.35. The van der Waals surface area contributed by atoms with Crippen LogP contribution in [0.25, 0.3) is 0 Å². The van der Waals surface area contributed by atoms with Crippen LogP contribution >= 0.6 is 0 Å². The zero-order chi connectivity index (χ0) is 19.1. The number of hydrogen-bond donors (Lipinski definition) is 0. The van der Waals surface area contributed by atoms with Gasteiger partial charge in [0, 0.05) is 57.5 Å². The smallest absolute Gasteiger partial charge is 0.223 e. The van der Waals surface area contributed by atoms with Gasteiger partial charge < -0.3 is 14.7 Å². The topological polar surface area (TPSA) is 60.9 Å². The van der Waals surface area contributed by atoms with E-state index >= 15 is 0 Å². The third-order valence-corrected chi connectivity index (χ3v) is 4.49. The number of halogens is 1. The summed E-state index contributed by atoms with van der Waals surface area (Å²) in [5.41, 5.74) is 0.413. The average Bonchev–Trinajstić information content (AvgIpc) is 2.64. The lowest BCUT2D eigenvalue weighted by Crippen LogP contribution is -2.50. The lowest BCUT2D eigenvalue weighted by molar-refractivity contribution is -0.139. The van der Waals surface area contributed by atoms with E-state index in [1.165, 1.54) is 24.3 Å². The van der Waals surface area contributed by atoms with Crippen LogP contribution < -0.4 is 0 Å². The summed E-state index contributed by atoms with van der Waals surface area (Å²) in [5, 5.41) is 0.